The average Bonchev–Trinajstić information content (AvgIpc) is 3.21. The van der Waals surface area contributed by atoms with E-state index in [2.05, 4.69) is 19.9 Å². The number of nitrogens with zero attached hydrogens (tertiary/aromatic N) is 6. The number of pyridine rings is 1. The molecule has 0 saturated carbocycles. The highest BCUT2D eigenvalue weighted by atomic mass is 32.1. The summed E-state index contributed by atoms with van der Waals surface area (Å²) >= 11 is 0.621. The lowest BCUT2D eigenvalue weighted by atomic mass is 10.3. The standard InChI is InChI=1S/C20H21F3N6OS/c1-13-3-6-17(24-11-13)27-7-9-28(10-8-27)18-25-14(2)29(19(30)26-18)12-15-4-5-16(31-15)20(21,22)23/h3-6,11H,7-10,12H2,1-2H3. The molecule has 0 atom stereocenters. The third-order valence-electron chi connectivity index (χ3n) is 5.12. The Morgan fingerprint density at radius 1 is 1.00 bits per heavy atom. The highest BCUT2D eigenvalue weighted by Crippen LogP contribution is 2.34. The quantitative estimate of drug-likeness (QED) is 0.609. The number of hydrogen-bond donors (Lipinski definition) is 0. The summed E-state index contributed by atoms with van der Waals surface area (Å²) in [5.74, 6) is 1.67. The predicted octanol–water partition coefficient (Wildman–Crippen LogP) is 3.11. The van der Waals surface area contributed by atoms with Gasteiger partial charge in [-0.25, -0.2) is 9.78 Å². The number of piperazine rings is 1. The molecule has 0 bridgehead atoms. The molecule has 4 heterocycles. The van der Waals surface area contributed by atoms with E-state index in [9.17, 15) is 18.0 Å². The minimum absolute atomic E-state index is 0.0125. The van der Waals surface area contributed by atoms with Crippen molar-refractivity contribution in [2.24, 2.45) is 0 Å². The predicted molar refractivity (Wildman–Crippen MR) is 113 cm³/mol. The van der Waals surface area contributed by atoms with Crippen LogP contribution in [-0.2, 0) is 12.7 Å². The van der Waals surface area contributed by atoms with Gasteiger partial charge in [-0.2, -0.15) is 23.1 Å². The van der Waals surface area contributed by atoms with E-state index in [-0.39, 0.29) is 6.54 Å². The Bertz CT molecular complexity index is 1120. The van der Waals surface area contributed by atoms with E-state index in [0.717, 1.165) is 30.5 Å². The number of alkyl halides is 3. The second kappa shape index (κ2) is 8.29. The van der Waals surface area contributed by atoms with Crippen molar-refractivity contribution in [1.29, 1.82) is 0 Å². The van der Waals surface area contributed by atoms with Crippen LogP contribution in [0.15, 0.2) is 35.3 Å². The molecular weight excluding hydrogens is 429 g/mol. The van der Waals surface area contributed by atoms with Crippen molar-refractivity contribution in [1.82, 2.24) is 19.5 Å². The van der Waals surface area contributed by atoms with Gasteiger partial charge in [0.15, 0.2) is 0 Å². The van der Waals surface area contributed by atoms with Crippen LogP contribution in [0, 0.1) is 13.8 Å². The van der Waals surface area contributed by atoms with Crippen LogP contribution >= 0.6 is 11.3 Å². The minimum Gasteiger partial charge on any atom is -0.353 e. The Balaban J connectivity index is 1.46. The maximum absolute atomic E-state index is 12.8. The van der Waals surface area contributed by atoms with E-state index in [0.29, 0.717) is 41.1 Å². The normalized spacial score (nSPS) is 14.9. The van der Waals surface area contributed by atoms with Crippen molar-refractivity contribution in [2.45, 2.75) is 26.6 Å². The zero-order chi connectivity index (χ0) is 22.2. The van der Waals surface area contributed by atoms with Gasteiger partial charge in [-0.05, 0) is 37.6 Å². The molecule has 1 aliphatic rings. The van der Waals surface area contributed by atoms with Crippen LogP contribution in [0.25, 0.3) is 0 Å². The van der Waals surface area contributed by atoms with Crippen molar-refractivity contribution in [3.8, 4) is 0 Å². The molecule has 0 radical (unpaired) electrons. The Morgan fingerprint density at radius 2 is 1.71 bits per heavy atom. The lowest BCUT2D eigenvalue weighted by Gasteiger charge is -2.35. The third-order valence-corrected chi connectivity index (χ3v) is 6.23. The van der Waals surface area contributed by atoms with Crippen molar-refractivity contribution >= 4 is 23.1 Å². The summed E-state index contributed by atoms with van der Waals surface area (Å²) in [6, 6.07) is 6.41. The van der Waals surface area contributed by atoms with Gasteiger partial charge in [0.1, 0.15) is 16.5 Å². The molecule has 4 rings (SSSR count). The fourth-order valence-corrected chi connectivity index (χ4v) is 4.26. The van der Waals surface area contributed by atoms with Crippen LogP contribution in [0.4, 0.5) is 24.9 Å². The summed E-state index contributed by atoms with van der Waals surface area (Å²) in [4.78, 5) is 29.4. The molecule has 11 heteroatoms. The summed E-state index contributed by atoms with van der Waals surface area (Å²) in [6.45, 7) is 6.38. The first kappa shape index (κ1) is 21.3. The van der Waals surface area contributed by atoms with Gasteiger partial charge in [-0.1, -0.05) is 6.07 Å². The Morgan fingerprint density at radius 3 is 2.29 bits per heavy atom. The van der Waals surface area contributed by atoms with E-state index < -0.39 is 16.7 Å². The van der Waals surface area contributed by atoms with Crippen molar-refractivity contribution in [3.05, 3.63) is 62.1 Å². The summed E-state index contributed by atoms with van der Waals surface area (Å²) in [7, 11) is 0. The summed E-state index contributed by atoms with van der Waals surface area (Å²) < 4.78 is 39.7. The summed E-state index contributed by atoms with van der Waals surface area (Å²) in [6.07, 6.45) is -2.56. The lowest BCUT2D eigenvalue weighted by molar-refractivity contribution is -0.134. The first-order chi connectivity index (χ1) is 14.7. The first-order valence-electron chi connectivity index (χ1n) is 9.74. The Kier molecular flexibility index (Phi) is 5.69. The van der Waals surface area contributed by atoms with Crippen molar-refractivity contribution in [2.75, 3.05) is 36.0 Å². The second-order valence-electron chi connectivity index (χ2n) is 7.37. The minimum atomic E-state index is -4.39. The van der Waals surface area contributed by atoms with Crippen LogP contribution in [0.3, 0.4) is 0 Å². The first-order valence-corrected chi connectivity index (χ1v) is 10.6. The molecule has 1 saturated heterocycles. The smallest absolute Gasteiger partial charge is 0.353 e. The molecule has 164 valence electrons. The van der Waals surface area contributed by atoms with E-state index in [4.69, 9.17) is 0 Å². The van der Waals surface area contributed by atoms with E-state index in [1.807, 2.05) is 30.2 Å². The molecule has 3 aromatic heterocycles. The summed E-state index contributed by atoms with van der Waals surface area (Å²) in [5.41, 5.74) is 0.580. The van der Waals surface area contributed by atoms with Gasteiger partial charge in [-0.15, -0.1) is 11.3 Å². The molecule has 1 fully saturated rings. The van der Waals surface area contributed by atoms with Gasteiger partial charge >= 0.3 is 11.9 Å². The lowest BCUT2D eigenvalue weighted by Crippen LogP contribution is -2.48. The second-order valence-corrected chi connectivity index (χ2v) is 8.54. The zero-order valence-electron chi connectivity index (χ0n) is 17.1. The van der Waals surface area contributed by atoms with Crippen LogP contribution in [-0.4, -0.2) is 45.7 Å². The molecule has 3 aromatic rings. The van der Waals surface area contributed by atoms with Gasteiger partial charge < -0.3 is 9.80 Å². The average molecular weight is 450 g/mol. The van der Waals surface area contributed by atoms with Crippen molar-refractivity contribution < 1.29 is 13.2 Å². The largest absolute Gasteiger partial charge is 0.425 e. The van der Waals surface area contributed by atoms with Crippen LogP contribution in [0.5, 0.6) is 0 Å². The molecule has 0 aromatic carbocycles. The maximum Gasteiger partial charge on any atom is 0.425 e. The number of halogens is 3. The summed E-state index contributed by atoms with van der Waals surface area (Å²) in [5, 5.41) is 0. The van der Waals surface area contributed by atoms with Gasteiger partial charge in [0, 0.05) is 37.3 Å². The molecule has 0 N–H and O–H groups in total. The monoisotopic (exact) mass is 450 g/mol. The van der Waals surface area contributed by atoms with Crippen LogP contribution < -0.4 is 15.5 Å². The fourth-order valence-electron chi connectivity index (χ4n) is 3.39. The number of anilines is 2. The highest BCUT2D eigenvalue weighted by molar-refractivity contribution is 7.12. The van der Waals surface area contributed by atoms with Crippen LogP contribution in [0.2, 0.25) is 0 Å². The van der Waals surface area contributed by atoms with E-state index in [1.165, 1.54) is 10.6 Å². The van der Waals surface area contributed by atoms with E-state index in [1.54, 1.807) is 6.92 Å². The Hall–Kier alpha value is -2.95. The molecule has 0 aliphatic carbocycles. The van der Waals surface area contributed by atoms with Gasteiger partial charge in [-0.3, -0.25) is 4.57 Å². The number of aromatic nitrogens is 4. The molecule has 1 aliphatic heterocycles. The zero-order valence-corrected chi connectivity index (χ0v) is 17.9. The van der Waals surface area contributed by atoms with Gasteiger partial charge in [0.2, 0.25) is 5.95 Å². The SMILES string of the molecule is Cc1ccc(N2CCN(c3nc(C)n(Cc4ccc(C(F)(F)F)s4)c(=O)n3)CC2)nc1. The molecule has 7 nitrogen and oxygen atoms in total. The topological polar surface area (TPSA) is 67.2 Å². The highest BCUT2D eigenvalue weighted by Gasteiger charge is 2.32. The molecule has 0 amide bonds. The molecule has 0 spiro atoms. The number of hydrogen-bond acceptors (Lipinski definition) is 7. The van der Waals surface area contributed by atoms with Crippen LogP contribution in [0.1, 0.15) is 21.1 Å². The van der Waals surface area contributed by atoms with Gasteiger partial charge in [0.05, 0.1) is 6.54 Å². The number of aryl methyl sites for hydroxylation is 2. The molecule has 31 heavy (non-hydrogen) atoms. The van der Waals surface area contributed by atoms with Crippen molar-refractivity contribution in [3.63, 3.8) is 0 Å². The number of rotatable bonds is 4. The Labute approximate surface area is 180 Å². The maximum atomic E-state index is 12.8. The van der Waals surface area contributed by atoms with Gasteiger partial charge in [0.25, 0.3) is 0 Å². The van der Waals surface area contributed by atoms with E-state index >= 15 is 0 Å². The third kappa shape index (κ3) is 4.71. The molecular formula is C20H21F3N6OS. The number of thiophene rings is 1. The molecule has 0 unspecified atom stereocenters. The fraction of sp³-hybridized carbons (Fsp3) is 0.400.